The number of benzene rings is 1. The first-order valence-electron chi connectivity index (χ1n) is 7.21. The molecule has 0 atom stereocenters. The first-order valence-corrected chi connectivity index (χ1v) is 7.21. The van der Waals surface area contributed by atoms with Crippen LogP contribution in [0.15, 0.2) is 34.9 Å². The second-order valence-electron chi connectivity index (χ2n) is 5.57. The van der Waals surface area contributed by atoms with Crippen LogP contribution in [0, 0.1) is 18.7 Å². The van der Waals surface area contributed by atoms with Crippen LogP contribution in [0.25, 0.3) is 0 Å². The summed E-state index contributed by atoms with van der Waals surface area (Å²) in [5, 5.41) is 3.32. The zero-order valence-corrected chi connectivity index (χ0v) is 12.8. The van der Waals surface area contributed by atoms with Gasteiger partial charge in [0.05, 0.1) is 12.8 Å². The smallest absolute Gasteiger partial charge is 0.167 e. The Bertz CT molecular complexity index is 578. The van der Waals surface area contributed by atoms with Gasteiger partial charge in [-0.15, -0.1) is 0 Å². The molecule has 0 spiro atoms. The molecular weight excluding hydrogens is 269 g/mol. The summed E-state index contributed by atoms with van der Waals surface area (Å²) < 4.78 is 24.9. The molecule has 0 bridgehead atoms. The molecular formula is C17H22FNO2. The average molecular weight is 291 g/mol. The van der Waals surface area contributed by atoms with Crippen molar-refractivity contribution >= 4 is 0 Å². The van der Waals surface area contributed by atoms with E-state index in [9.17, 15) is 4.39 Å². The van der Waals surface area contributed by atoms with Gasteiger partial charge >= 0.3 is 0 Å². The maximum absolute atomic E-state index is 13.9. The second-order valence-corrected chi connectivity index (χ2v) is 5.57. The van der Waals surface area contributed by atoms with Crippen molar-refractivity contribution in [3.05, 3.63) is 53.2 Å². The number of nitrogens with one attached hydrogen (secondary N) is 1. The minimum absolute atomic E-state index is 0.275. The SMILES string of the molecule is Cc1cccc(OCc2ccoc2CNCC(C)C)c1F. The molecule has 0 aliphatic rings. The molecule has 2 rings (SSSR count). The van der Waals surface area contributed by atoms with Crippen LogP contribution < -0.4 is 10.1 Å². The Labute approximate surface area is 125 Å². The molecule has 0 fully saturated rings. The summed E-state index contributed by atoms with van der Waals surface area (Å²) in [5.41, 5.74) is 1.52. The van der Waals surface area contributed by atoms with Crippen LogP contribution in [0.2, 0.25) is 0 Å². The molecule has 3 nitrogen and oxygen atoms in total. The Morgan fingerprint density at radius 2 is 2.10 bits per heavy atom. The van der Waals surface area contributed by atoms with Gasteiger partial charge in [0, 0.05) is 5.56 Å². The van der Waals surface area contributed by atoms with Crippen LogP contribution >= 0.6 is 0 Å². The third-order valence-corrected chi connectivity index (χ3v) is 3.22. The maximum Gasteiger partial charge on any atom is 0.167 e. The van der Waals surface area contributed by atoms with E-state index in [1.165, 1.54) is 0 Å². The van der Waals surface area contributed by atoms with E-state index >= 15 is 0 Å². The molecule has 21 heavy (non-hydrogen) atoms. The quantitative estimate of drug-likeness (QED) is 0.835. The van der Waals surface area contributed by atoms with Gasteiger partial charge in [-0.3, -0.25) is 0 Å². The first kappa shape index (κ1) is 15.6. The number of aryl methyl sites for hydroxylation is 1. The summed E-state index contributed by atoms with van der Waals surface area (Å²) in [6.07, 6.45) is 1.64. The number of halogens is 1. The van der Waals surface area contributed by atoms with E-state index in [2.05, 4.69) is 19.2 Å². The molecule has 1 aromatic carbocycles. The lowest BCUT2D eigenvalue weighted by atomic mass is 10.2. The predicted molar refractivity (Wildman–Crippen MR) is 80.7 cm³/mol. The molecule has 1 aromatic heterocycles. The lowest BCUT2D eigenvalue weighted by Gasteiger charge is -2.10. The fourth-order valence-corrected chi connectivity index (χ4v) is 2.01. The molecule has 4 heteroatoms. The molecule has 0 amide bonds. The van der Waals surface area contributed by atoms with E-state index in [1.54, 1.807) is 31.4 Å². The third-order valence-electron chi connectivity index (χ3n) is 3.22. The van der Waals surface area contributed by atoms with Crippen molar-refractivity contribution in [1.82, 2.24) is 5.32 Å². The van der Waals surface area contributed by atoms with Gasteiger partial charge in [-0.1, -0.05) is 26.0 Å². The molecule has 0 radical (unpaired) electrons. The van der Waals surface area contributed by atoms with Gasteiger partial charge in [-0.25, -0.2) is 4.39 Å². The van der Waals surface area contributed by atoms with Crippen LogP contribution in [-0.4, -0.2) is 6.54 Å². The van der Waals surface area contributed by atoms with Crippen molar-refractivity contribution in [2.24, 2.45) is 5.92 Å². The highest BCUT2D eigenvalue weighted by Crippen LogP contribution is 2.21. The van der Waals surface area contributed by atoms with Crippen molar-refractivity contribution in [3.63, 3.8) is 0 Å². The zero-order chi connectivity index (χ0) is 15.2. The van der Waals surface area contributed by atoms with Gasteiger partial charge in [0.1, 0.15) is 12.4 Å². The van der Waals surface area contributed by atoms with Gasteiger partial charge in [-0.05, 0) is 37.1 Å². The highest BCUT2D eigenvalue weighted by Gasteiger charge is 2.10. The van der Waals surface area contributed by atoms with Crippen LogP contribution in [0.1, 0.15) is 30.7 Å². The Kier molecular flexibility index (Phi) is 5.39. The lowest BCUT2D eigenvalue weighted by Crippen LogP contribution is -2.19. The summed E-state index contributed by atoms with van der Waals surface area (Å²) in [5.74, 6) is 1.39. The third kappa shape index (κ3) is 4.33. The number of furan rings is 1. The number of hydrogen-bond donors (Lipinski definition) is 1. The Morgan fingerprint density at radius 3 is 2.86 bits per heavy atom. The molecule has 2 aromatic rings. The van der Waals surface area contributed by atoms with Crippen LogP contribution in [-0.2, 0) is 13.2 Å². The van der Waals surface area contributed by atoms with Crippen LogP contribution in [0.3, 0.4) is 0 Å². The maximum atomic E-state index is 13.9. The predicted octanol–water partition coefficient (Wildman–Crippen LogP) is 4.05. The summed E-state index contributed by atoms with van der Waals surface area (Å²) >= 11 is 0. The van der Waals surface area contributed by atoms with Gasteiger partial charge in [0.15, 0.2) is 11.6 Å². The van der Waals surface area contributed by atoms with E-state index in [0.29, 0.717) is 24.6 Å². The van der Waals surface area contributed by atoms with E-state index in [-0.39, 0.29) is 11.6 Å². The highest BCUT2D eigenvalue weighted by molar-refractivity contribution is 5.30. The summed E-state index contributed by atoms with van der Waals surface area (Å²) in [7, 11) is 0. The van der Waals surface area contributed by atoms with Gasteiger partial charge in [0.25, 0.3) is 0 Å². The fourth-order valence-electron chi connectivity index (χ4n) is 2.01. The van der Waals surface area contributed by atoms with E-state index in [1.807, 2.05) is 6.07 Å². The van der Waals surface area contributed by atoms with Crippen LogP contribution in [0.5, 0.6) is 5.75 Å². The van der Waals surface area contributed by atoms with Crippen LogP contribution in [0.4, 0.5) is 4.39 Å². The summed E-state index contributed by atoms with van der Waals surface area (Å²) in [6, 6.07) is 7.01. The normalized spacial score (nSPS) is 11.1. The summed E-state index contributed by atoms with van der Waals surface area (Å²) in [4.78, 5) is 0. The fraction of sp³-hybridized carbons (Fsp3) is 0.412. The molecule has 0 saturated heterocycles. The van der Waals surface area contributed by atoms with Crippen molar-refractivity contribution in [2.75, 3.05) is 6.54 Å². The molecule has 0 saturated carbocycles. The highest BCUT2D eigenvalue weighted by atomic mass is 19.1. The standard InChI is InChI=1S/C17H22FNO2/c1-12(2)9-19-10-16-14(7-8-20-16)11-21-15-6-4-5-13(3)17(15)18/h4-8,12,19H,9-11H2,1-3H3. The van der Waals surface area contributed by atoms with E-state index in [0.717, 1.165) is 17.9 Å². The molecule has 0 aliphatic carbocycles. The van der Waals surface area contributed by atoms with Crippen molar-refractivity contribution < 1.29 is 13.5 Å². The Morgan fingerprint density at radius 1 is 1.29 bits per heavy atom. The van der Waals surface area contributed by atoms with Crippen molar-refractivity contribution in [3.8, 4) is 5.75 Å². The minimum Gasteiger partial charge on any atom is -0.486 e. The topological polar surface area (TPSA) is 34.4 Å². The first-order chi connectivity index (χ1) is 10.1. The van der Waals surface area contributed by atoms with Gasteiger partial charge in [-0.2, -0.15) is 0 Å². The summed E-state index contributed by atoms with van der Waals surface area (Å²) in [6.45, 7) is 7.91. The Balaban J connectivity index is 1.94. The van der Waals surface area contributed by atoms with Gasteiger partial charge < -0.3 is 14.5 Å². The molecule has 0 unspecified atom stereocenters. The van der Waals surface area contributed by atoms with E-state index < -0.39 is 0 Å². The van der Waals surface area contributed by atoms with Gasteiger partial charge in [0.2, 0.25) is 0 Å². The largest absolute Gasteiger partial charge is 0.486 e. The lowest BCUT2D eigenvalue weighted by molar-refractivity contribution is 0.285. The van der Waals surface area contributed by atoms with Crippen molar-refractivity contribution in [1.29, 1.82) is 0 Å². The van der Waals surface area contributed by atoms with Crippen molar-refractivity contribution in [2.45, 2.75) is 33.9 Å². The molecule has 1 N–H and O–H groups in total. The number of rotatable bonds is 7. The Hall–Kier alpha value is -1.81. The average Bonchev–Trinajstić information content (AvgIpc) is 2.88. The molecule has 1 heterocycles. The molecule has 0 aliphatic heterocycles. The minimum atomic E-state index is -0.305. The van der Waals surface area contributed by atoms with E-state index in [4.69, 9.17) is 9.15 Å². The zero-order valence-electron chi connectivity index (χ0n) is 12.8. The second kappa shape index (κ2) is 7.27. The number of ether oxygens (including phenoxy) is 1. The molecule has 114 valence electrons. The monoisotopic (exact) mass is 291 g/mol. The number of hydrogen-bond acceptors (Lipinski definition) is 3.